The lowest BCUT2D eigenvalue weighted by atomic mass is 10.00. The Morgan fingerprint density at radius 2 is 1.60 bits per heavy atom. The van der Waals surface area contributed by atoms with Gasteiger partial charge in [-0.15, -0.1) is 0 Å². The van der Waals surface area contributed by atoms with Crippen LogP contribution in [0.2, 0.25) is 0 Å². The fourth-order valence-electron chi connectivity index (χ4n) is 4.03. The van der Waals surface area contributed by atoms with E-state index < -0.39 is 23.6 Å². The first-order valence-corrected chi connectivity index (χ1v) is 12.3. The van der Waals surface area contributed by atoms with E-state index in [4.69, 9.17) is 10.5 Å². The number of carbonyl (C=O) groups is 1. The van der Waals surface area contributed by atoms with Crippen LogP contribution >= 0.6 is 0 Å². The van der Waals surface area contributed by atoms with Crippen LogP contribution in [0, 0.1) is 12.7 Å². The molecule has 5 rings (SSSR count). The Hall–Kier alpha value is -5.59. The number of urea groups is 1. The molecule has 0 saturated heterocycles. The number of pyridine rings is 2. The highest BCUT2D eigenvalue weighted by Gasteiger charge is 2.31. The average Bonchev–Trinajstić information content (AvgIpc) is 2.96. The number of anilines is 3. The number of ether oxygens (including phenoxy) is 1. The molecular formula is C29H21F4N7O2. The summed E-state index contributed by atoms with van der Waals surface area (Å²) in [6, 6.07) is 13.4. The summed E-state index contributed by atoms with van der Waals surface area (Å²) in [5.74, 6) is 0.0362. The van der Waals surface area contributed by atoms with Crippen molar-refractivity contribution in [2.75, 3.05) is 16.4 Å². The van der Waals surface area contributed by atoms with Gasteiger partial charge in [0.25, 0.3) is 0 Å². The van der Waals surface area contributed by atoms with Gasteiger partial charge in [0.1, 0.15) is 17.4 Å². The van der Waals surface area contributed by atoms with Crippen LogP contribution in [0.25, 0.3) is 22.3 Å². The number of hydrogen-bond acceptors (Lipinski definition) is 7. The van der Waals surface area contributed by atoms with Crippen molar-refractivity contribution in [3.8, 4) is 34.0 Å². The van der Waals surface area contributed by atoms with E-state index in [0.717, 1.165) is 18.3 Å². The average molecular weight is 576 g/mol. The standard InChI is InChI=1S/C29H21F4N7O2/c1-16-22(3-2-10-35-16)23-9-6-18(29(31,32)33)11-25(23)40-27(41)39-20-14-37-28(38-15-20)42-21-7-4-17(5-8-21)24-12-19(30)13-36-26(24)34/h2-15H,1H3,(H2,34,36)(H2,39,40,41). The third-order valence-corrected chi connectivity index (χ3v) is 6.04. The van der Waals surface area contributed by atoms with Crippen molar-refractivity contribution < 1.29 is 27.1 Å². The van der Waals surface area contributed by atoms with Crippen molar-refractivity contribution >= 4 is 23.2 Å². The molecule has 9 nitrogen and oxygen atoms in total. The van der Waals surface area contributed by atoms with Crippen molar-refractivity contribution in [1.82, 2.24) is 19.9 Å². The largest absolute Gasteiger partial charge is 0.424 e. The summed E-state index contributed by atoms with van der Waals surface area (Å²) in [6.45, 7) is 1.71. The van der Waals surface area contributed by atoms with E-state index >= 15 is 0 Å². The summed E-state index contributed by atoms with van der Waals surface area (Å²) < 4.78 is 59.4. The molecule has 3 heterocycles. The number of benzene rings is 2. The highest BCUT2D eigenvalue weighted by atomic mass is 19.4. The lowest BCUT2D eigenvalue weighted by Gasteiger charge is -2.16. The fourth-order valence-corrected chi connectivity index (χ4v) is 4.03. The maximum Gasteiger partial charge on any atom is 0.416 e. The van der Waals surface area contributed by atoms with Gasteiger partial charge >= 0.3 is 18.2 Å². The highest BCUT2D eigenvalue weighted by molar-refractivity contribution is 6.02. The number of rotatable bonds is 6. The van der Waals surface area contributed by atoms with Crippen LogP contribution in [-0.2, 0) is 6.18 Å². The molecule has 0 fully saturated rings. The number of amides is 2. The normalized spacial score (nSPS) is 11.2. The monoisotopic (exact) mass is 575 g/mol. The number of halogens is 4. The Bertz CT molecular complexity index is 1750. The summed E-state index contributed by atoms with van der Waals surface area (Å²) in [5, 5.41) is 4.97. The summed E-state index contributed by atoms with van der Waals surface area (Å²) in [5.41, 5.74) is 7.58. The van der Waals surface area contributed by atoms with E-state index in [1.807, 2.05) is 0 Å². The van der Waals surface area contributed by atoms with Crippen LogP contribution in [0.5, 0.6) is 11.8 Å². The number of nitrogens with two attached hydrogens (primary N) is 1. The van der Waals surface area contributed by atoms with Gasteiger partial charge in [-0.3, -0.25) is 4.98 Å². The molecule has 42 heavy (non-hydrogen) atoms. The highest BCUT2D eigenvalue weighted by Crippen LogP contribution is 2.37. The quantitative estimate of drug-likeness (QED) is 0.185. The second kappa shape index (κ2) is 11.5. The Kier molecular flexibility index (Phi) is 7.65. The van der Waals surface area contributed by atoms with Gasteiger partial charge < -0.3 is 21.1 Å². The predicted molar refractivity (Wildman–Crippen MR) is 148 cm³/mol. The number of carbonyl (C=O) groups excluding carboxylic acids is 1. The number of nitrogens with zero attached hydrogens (tertiary/aromatic N) is 4. The van der Waals surface area contributed by atoms with Crippen molar-refractivity contribution in [3.63, 3.8) is 0 Å². The van der Waals surface area contributed by atoms with E-state index in [2.05, 4.69) is 30.6 Å². The second-order valence-corrected chi connectivity index (χ2v) is 8.94. The number of nitrogens with one attached hydrogen (secondary N) is 2. The molecule has 0 aliphatic rings. The zero-order valence-electron chi connectivity index (χ0n) is 21.8. The second-order valence-electron chi connectivity index (χ2n) is 8.94. The van der Waals surface area contributed by atoms with Gasteiger partial charge in [0, 0.05) is 28.6 Å². The molecule has 0 aliphatic heterocycles. The molecule has 13 heteroatoms. The predicted octanol–water partition coefficient (Wildman–Crippen LogP) is 7.09. The van der Waals surface area contributed by atoms with Crippen molar-refractivity contribution in [1.29, 1.82) is 0 Å². The maximum absolute atomic E-state index is 13.5. The smallest absolute Gasteiger partial charge is 0.416 e. The number of aromatic nitrogens is 4. The molecule has 4 N–H and O–H groups in total. The minimum Gasteiger partial charge on any atom is -0.424 e. The van der Waals surface area contributed by atoms with Crippen molar-refractivity contribution in [2.45, 2.75) is 13.1 Å². The first-order chi connectivity index (χ1) is 20.1. The molecule has 0 bridgehead atoms. The number of alkyl halides is 3. The molecule has 0 unspecified atom stereocenters. The van der Waals surface area contributed by atoms with E-state index in [1.54, 1.807) is 49.5 Å². The molecular weight excluding hydrogens is 554 g/mol. The first kappa shape index (κ1) is 28.0. The molecule has 5 aromatic rings. The van der Waals surface area contributed by atoms with Gasteiger partial charge in [0.2, 0.25) is 0 Å². The SMILES string of the molecule is Cc1ncccc1-c1ccc(C(F)(F)F)cc1NC(=O)Nc1cnc(Oc2ccc(-c3cc(F)cnc3N)cc2)nc1. The zero-order chi connectivity index (χ0) is 29.9. The first-order valence-electron chi connectivity index (χ1n) is 12.3. The molecule has 3 aromatic heterocycles. The van der Waals surface area contributed by atoms with Gasteiger partial charge in [-0.25, -0.2) is 24.1 Å². The Morgan fingerprint density at radius 3 is 2.29 bits per heavy atom. The summed E-state index contributed by atoms with van der Waals surface area (Å²) in [6.07, 6.45) is 0.526. The van der Waals surface area contributed by atoms with Gasteiger partial charge in [-0.05, 0) is 48.9 Å². The van der Waals surface area contributed by atoms with E-state index in [1.165, 1.54) is 24.5 Å². The van der Waals surface area contributed by atoms with Crippen LogP contribution < -0.4 is 21.1 Å². The van der Waals surface area contributed by atoms with Crippen LogP contribution in [-0.4, -0.2) is 26.0 Å². The van der Waals surface area contributed by atoms with E-state index in [9.17, 15) is 22.4 Å². The molecule has 0 spiro atoms. The molecule has 0 atom stereocenters. The topological polar surface area (TPSA) is 128 Å². The summed E-state index contributed by atoms with van der Waals surface area (Å²) in [4.78, 5) is 28.8. The van der Waals surface area contributed by atoms with Crippen molar-refractivity contribution in [2.24, 2.45) is 0 Å². The van der Waals surface area contributed by atoms with Gasteiger partial charge in [0.05, 0.1) is 35.5 Å². The minimum absolute atomic E-state index is 0.0344. The lowest BCUT2D eigenvalue weighted by Crippen LogP contribution is -2.20. The zero-order valence-corrected chi connectivity index (χ0v) is 21.8. The van der Waals surface area contributed by atoms with E-state index in [0.29, 0.717) is 33.7 Å². The Labute approximate surface area is 236 Å². The third-order valence-electron chi connectivity index (χ3n) is 6.04. The summed E-state index contributed by atoms with van der Waals surface area (Å²) >= 11 is 0. The molecule has 2 amide bonds. The van der Waals surface area contributed by atoms with Crippen LogP contribution in [0.3, 0.4) is 0 Å². The van der Waals surface area contributed by atoms with Gasteiger partial charge in [0.15, 0.2) is 0 Å². The van der Waals surface area contributed by atoms with Gasteiger partial charge in [-0.2, -0.15) is 13.2 Å². The molecule has 0 saturated carbocycles. The van der Waals surface area contributed by atoms with Crippen LogP contribution in [0.4, 0.5) is 39.5 Å². The molecule has 0 radical (unpaired) electrons. The van der Waals surface area contributed by atoms with Crippen LogP contribution in [0.1, 0.15) is 11.3 Å². The number of aryl methyl sites for hydroxylation is 1. The number of nitrogen functional groups attached to an aromatic ring is 1. The fraction of sp³-hybridized carbons (Fsp3) is 0.0690. The third kappa shape index (κ3) is 6.41. The van der Waals surface area contributed by atoms with Crippen LogP contribution in [0.15, 0.2) is 85.5 Å². The van der Waals surface area contributed by atoms with Crippen molar-refractivity contribution in [3.05, 3.63) is 103 Å². The Morgan fingerprint density at radius 1 is 0.857 bits per heavy atom. The Balaban J connectivity index is 1.27. The lowest BCUT2D eigenvalue weighted by molar-refractivity contribution is -0.137. The number of hydrogen-bond donors (Lipinski definition) is 3. The molecule has 212 valence electrons. The molecule has 2 aromatic carbocycles. The summed E-state index contributed by atoms with van der Waals surface area (Å²) in [7, 11) is 0. The van der Waals surface area contributed by atoms with Gasteiger partial charge in [-0.1, -0.05) is 24.3 Å². The molecule has 0 aliphatic carbocycles. The maximum atomic E-state index is 13.5. The van der Waals surface area contributed by atoms with E-state index in [-0.39, 0.29) is 23.2 Å². The minimum atomic E-state index is -4.61.